The Bertz CT molecular complexity index is 451. The standard InChI is InChI=1S/C15H23N3O2.ClH/c1-17(2)10-14-11-18(7-8-20-14)15(19)13-5-3-12(9-16)4-6-13;/h3-6,14H,7-11,16H2,1-2H3;1H. The first-order valence-electron chi connectivity index (χ1n) is 6.94. The summed E-state index contributed by atoms with van der Waals surface area (Å²) >= 11 is 0. The van der Waals surface area contributed by atoms with E-state index in [1.165, 1.54) is 0 Å². The van der Waals surface area contributed by atoms with Crippen molar-refractivity contribution in [2.24, 2.45) is 5.73 Å². The average molecular weight is 314 g/mol. The molecule has 0 bridgehead atoms. The van der Waals surface area contributed by atoms with Crippen molar-refractivity contribution in [1.29, 1.82) is 0 Å². The van der Waals surface area contributed by atoms with Crippen molar-refractivity contribution in [2.75, 3.05) is 40.3 Å². The van der Waals surface area contributed by atoms with Crippen LogP contribution >= 0.6 is 12.4 Å². The zero-order valence-electron chi connectivity index (χ0n) is 12.6. The number of rotatable bonds is 4. The number of likely N-dealkylation sites (N-methyl/N-ethyl adjacent to an activating group) is 1. The lowest BCUT2D eigenvalue weighted by Gasteiger charge is -2.34. The molecule has 1 aromatic rings. The van der Waals surface area contributed by atoms with Crippen LogP contribution in [0.1, 0.15) is 15.9 Å². The lowest BCUT2D eigenvalue weighted by Crippen LogP contribution is -2.48. The first-order chi connectivity index (χ1) is 9.60. The lowest BCUT2D eigenvalue weighted by atomic mass is 10.1. The molecule has 1 amide bonds. The molecule has 1 aromatic carbocycles. The summed E-state index contributed by atoms with van der Waals surface area (Å²) in [5.74, 6) is 0.0700. The number of ether oxygens (including phenoxy) is 1. The highest BCUT2D eigenvalue weighted by molar-refractivity contribution is 5.94. The molecule has 1 heterocycles. The Hall–Kier alpha value is -1.14. The summed E-state index contributed by atoms with van der Waals surface area (Å²) in [4.78, 5) is 16.4. The Kier molecular flexibility index (Phi) is 7.11. The number of benzene rings is 1. The third kappa shape index (κ3) is 4.97. The Morgan fingerprint density at radius 1 is 1.38 bits per heavy atom. The fourth-order valence-corrected chi connectivity index (χ4v) is 2.39. The van der Waals surface area contributed by atoms with Gasteiger partial charge in [-0.1, -0.05) is 12.1 Å². The zero-order chi connectivity index (χ0) is 14.5. The van der Waals surface area contributed by atoms with Gasteiger partial charge in [0.1, 0.15) is 0 Å². The van der Waals surface area contributed by atoms with E-state index in [0.29, 0.717) is 31.8 Å². The molecule has 118 valence electrons. The second-order valence-electron chi connectivity index (χ2n) is 5.41. The molecule has 2 N–H and O–H groups in total. The highest BCUT2D eigenvalue weighted by Crippen LogP contribution is 2.12. The number of halogens is 1. The van der Waals surface area contributed by atoms with E-state index in [4.69, 9.17) is 10.5 Å². The van der Waals surface area contributed by atoms with Gasteiger partial charge >= 0.3 is 0 Å². The van der Waals surface area contributed by atoms with Gasteiger partial charge in [-0.3, -0.25) is 4.79 Å². The topological polar surface area (TPSA) is 58.8 Å². The molecular weight excluding hydrogens is 290 g/mol. The number of carbonyl (C=O) groups excluding carboxylic acids is 1. The summed E-state index contributed by atoms with van der Waals surface area (Å²) in [7, 11) is 4.02. The Morgan fingerprint density at radius 2 is 2.05 bits per heavy atom. The second kappa shape index (κ2) is 8.34. The molecule has 21 heavy (non-hydrogen) atoms. The normalized spacial score (nSPS) is 18.5. The average Bonchev–Trinajstić information content (AvgIpc) is 2.46. The first kappa shape index (κ1) is 17.9. The van der Waals surface area contributed by atoms with Crippen LogP contribution in [0.15, 0.2) is 24.3 Å². The number of amides is 1. The molecule has 1 atom stereocenters. The minimum atomic E-state index is 0. The van der Waals surface area contributed by atoms with Crippen molar-refractivity contribution in [3.63, 3.8) is 0 Å². The summed E-state index contributed by atoms with van der Waals surface area (Å²) in [5.41, 5.74) is 7.32. The van der Waals surface area contributed by atoms with E-state index in [1.54, 1.807) is 0 Å². The molecule has 2 rings (SSSR count). The van der Waals surface area contributed by atoms with Crippen LogP contribution in [0.2, 0.25) is 0 Å². The van der Waals surface area contributed by atoms with Crippen molar-refractivity contribution < 1.29 is 9.53 Å². The van der Waals surface area contributed by atoms with Crippen LogP contribution in [0.4, 0.5) is 0 Å². The molecule has 0 saturated carbocycles. The third-order valence-electron chi connectivity index (χ3n) is 3.43. The number of nitrogens with zero attached hydrogens (tertiary/aromatic N) is 2. The van der Waals surface area contributed by atoms with E-state index in [0.717, 1.165) is 12.1 Å². The maximum absolute atomic E-state index is 12.5. The van der Waals surface area contributed by atoms with Crippen LogP contribution in [0.25, 0.3) is 0 Å². The Morgan fingerprint density at radius 3 is 2.62 bits per heavy atom. The van der Waals surface area contributed by atoms with E-state index in [9.17, 15) is 4.79 Å². The fraction of sp³-hybridized carbons (Fsp3) is 0.533. The number of morpholine rings is 1. The number of carbonyl (C=O) groups is 1. The van der Waals surface area contributed by atoms with Crippen LogP contribution in [0, 0.1) is 0 Å². The van der Waals surface area contributed by atoms with Crippen LogP contribution in [-0.2, 0) is 11.3 Å². The molecule has 1 aliphatic heterocycles. The molecule has 0 spiro atoms. The summed E-state index contributed by atoms with van der Waals surface area (Å²) in [6.45, 7) is 3.23. The molecule has 5 nitrogen and oxygen atoms in total. The molecule has 0 aliphatic carbocycles. The quantitative estimate of drug-likeness (QED) is 0.900. The van der Waals surface area contributed by atoms with Crippen molar-refractivity contribution in [1.82, 2.24) is 9.80 Å². The van der Waals surface area contributed by atoms with Crippen molar-refractivity contribution in [2.45, 2.75) is 12.6 Å². The van der Waals surface area contributed by atoms with E-state index >= 15 is 0 Å². The predicted molar refractivity (Wildman–Crippen MR) is 85.8 cm³/mol. The van der Waals surface area contributed by atoms with Gasteiger partial charge in [0.05, 0.1) is 12.7 Å². The summed E-state index contributed by atoms with van der Waals surface area (Å²) < 4.78 is 5.69. The molecule has 6 heteroatoms. The lowest BCUT2D eigenvalue weighted by molar-refractivity contribution is -0.0306. The number of nitrogens with two attached hydrogens (primary N) is 1. The highest BCUT2D eigenvalue weighted by atomic mass is 35.5. The monoisotopic (exact) mass is 313 g/mol. The van der Waals surface area contributed by atoms with Gasteiger partial charge in [0.2, 0.25) is 0 Å². The molecule has 1 saturated heterocycles. The molecule has 1 unspecified atom stereocenters. The molecular formula is C15H24ClN3O2. The third-order valence-corrected chi connectivity index (χ3v) is 3.43. The molecule has 0 aromatic heterocycles. The van der Waals surface area contributed by atoms with Gasteiger partial charge in [-0.05, 0) is 31.8 Å². The van der Waals surface area contributed by atoms with Crippen molar-refractivity contribution in [3.8, 4) is 0 Å². The summed E-state index contributed by atoms with van der Waals surface area (Å²) in [6, 6.07) is 7.51. The largest absolute Gasteiger partial charge is 0.373 e. The van der Waals surface area contributed by atoms with Crippen LogP contribution < -0.4 is 5.73 Å². The highest BCUT2D eigenvalue weighted by Gasteiger charge is 2.25. The first-order valence-corrected chi connectivity index (χ1v) is 6.94. The van der Waals surface area contributed by atoms with Gasteiger partial charge in [0.15, 0.2) is 0 Å². The Labute approximate surface area is 132 Å². The minimum Gasteiger partial charge on any atom is -0.373 e. The fourth-order valence-electron chi connectivity index (χ4n) is 2.39. The van der Waals surface area contributed by atoms with Crippen molar-refractivity contribution >= 4 is 18.3 Å². The van der Waals surface area contributed by atoms with Gasteiger partial charge in [-0.2, -0.15) is 0 Å². The van der Waals surface area contributed by atoms with Crippen LogP contribution in [0.3, 0.4) is 0 Å². The van der Waals surface area contributed by atoms with Crippen LogP contribution in [-0.4, -0.2) is 62.1 Å². The SMILES string of the molecule is CN(C)CC1CN(C(=O)c2ccc(CN)cc2)CCO1.Cl. The van der Waals surface area contributed by atoms with Crippen LogP contribution in [0.5, 0.6) is 0 Å². The van der Waals surface area contributed by atoms with Gasteiger partial charge in [-0.15, -0.1) is 12.4 Å². The van der Waals surface area contributed by atoms with Gasteiger partial charge in [0, 0.05) is 31.7 Å². The predicted octanol–water partition coefficient (Wildman–Crippen LogP) is 0.970. The smallest absolute Gasteiger partial charge is 0.254 e. The Balaban J connectivity index is 0.00000220. The summed E-state index contributed by atoms with van der Waals surface area (Å²) in [5, 5.41) is 0. The van der Waals surface area contributed by atoms with E-state index in [2.05, 4.69) is 4.90 Å². The van der Waals surface area contributed by atoms with Gasteiger partial charge in [0.25, 0.3) is 5.91 Å². The summed E-state index contributed by atoms with van der Waals surface area (Å²) in [6.07, 6.45) is 0.0889. The van der Waals surface area contributed by atoms with E-state index in [-0.39, 0.29) is 24.4 Å². The minimum absolute atomic E-state index is 0. The van der Waals surface area contributed by atoms with E-state index in [1.807, 2.05) is 43.3 Å². The van der Waals surface area contributed by atoms with E-state index < -0.39 is 0 Å². The number of hydrogen-bond donors (Lipinski definition) is 1. The maximum atomic E-state index is 12.5. The maximum Gasteiger partial charge on any atom is 0.254 e. The van der Waals surface area contributed by atoms with Gasteiger partial charge < -0.3 is 20.3 Å². The number of hydrogen-bond acceptors (Lipinski definition) is 4. The molecule has 0 radical (unpaired) electrons. The van der Waals surface area contributed by atoms with Crippen molar-refractivity contribution in [3.05, 3.63) is 35.4 Å². The molecule has 1 aliphatic rings. The zero-order valence-corrected chi connectivity index (χ0v) is 13.4. The molecule has 1 fully saturated rings. The van der Waals surface area contributed by atoms with Gasteiger partial charge in [-0.25, -0.2) is 0 Å². The second-order valence-corrected chi connectivity index (χ2v) is 5.41.